The predicted molar refractivity (Wildman–Crippen MR) is 68.4 cm³/mol. The van der Waals surface area contributed by atoms with Gasteiger partial charge < -0.3 is 4.90 Å². The van der Waals surface area contributed by atoms with Crippen molar-refractivity contribution in [2.24, 2.45) is 5.92 Å². The maximum absolute atomic E-state index is 12.7. The first-order chi connectivity index (χ1) is 8.91. The molecule has 0 radical (unpaired) electrons. The number of hydrogen-bond acceptors (Lipinski definition) is 2. The first-order valence-corrected chi connectivity index (χ1v) is 7.18. The largest absolute Gasteiger partial charge is 0.393 e. The second kappa shape index (κ2) is 5.53. The summed E-state index contributed by atoms with van der Waals surface area (Å²) >= 11 is 1.37. The number of nitrogens with zero attached hydrogens (tertiary/aromatic N) is 1. The van der Waals surface area contributed by atoms with Gasteiger partial charge in [0, 0.05) is 18.0 Å². The molecule has 1 fully saturated rings. The van der Waals surface area contributed by atoms with Gasteiger partial charge >= 0.3 is 6.18 Å². The lowest BCUT2D eigenvalue weighted by Gasteiger charge is -2.33. The number of rotatable bonds is 2. The molecule has 0 aromatic carbocycles. The van der Waals surface area contributed by atoms with E-state index in [-0.39, 0.29) is 18.9 Å². The molecule has 0 bridgehead atoms. The maximum atomic E-state index is 12.7. The fraction of sp³-hybridized carbons (Fsp3) is 0.615. The summed E-state index contributed by atoms with van der Waals surface area (Å²) in [4.78, 5) is 15.1. The third kappa shape index (κ3) is 3.29. The Bertz CT molecular complexity index is 455. The predicted octanol–water partition coefficient (Wildman–Crippen LogP) is 3.73. The van der Waals surface area contributed by atoms with E-state index in [0.717, 1.165) is 11.3 Å². The number of carbonyl (C=O) groups is 1. The second-order valence-electron chi connectivity index (χ2n) is 4.75. The van der Waals surface area contributed by atoms with Gasteiger partial charge in [0.25, 0.3) is 5.91 Å². The Balaban J connectivity index is 2.07. The monoisotopic (exact) mass is 291 g/mol. The van der Waals surface area contributed by atoms with E-state index >= 15 is 0 Å². The summed E-state index contributed by atoms with van der Waals surface area (Å²) in [6.45, 7) is 2.20. The molecule has 1 amide bonds. The van der Waals surface area contributed by atoms with Gasteiger partial charge in [-0.1, -0.05) is 6.92 Å². The summed E-state index contributed by atoms with van der Waals surface area (Å²) in [6, 6.07) is 3.58. The fourth-order valence-electron chi connectivity index (χ4n) is 2.27. The number of likely N-dealkylation sites (tertiary alicyclic amines) is 1. The van der Waals surface area contributed by atoms with E-state index in [1.807, 2.05) is 13.0 Å². The SMILES string of the molecule is CCc1ccc(C(=O)N2CCCC(C(F)(F)F)C2)s1. The van der Waals surface area contributed by atoms with E-state index in [9.17, 15) is 18.0 Å². The van der Waals surface area contributed by atoms with Crippen LogP contribution >= 0.6 is 11.3 Å². The van der Waals surface area contributed by atoms with Gasteiger partial charge in [0.1, 0.15) is 0 Å². The fourth-order valence-corrected chi connectivity index (χ4v) is 3.18. The topological polar surface area (TPSA) is 20.3 Å². The zero-order valence-electron chi connectivity index (χ0n) is 10.7. The van der Waals surface area contributed by atoms with Gasteiger partial charge in [-0.2, -0.15) is 13.2 Å². The van der Waals surface area contributed by atoms with Crippen molar-refractivity contribution in [3.63, 3.8) is 0 Å². The number of piperidine rings is 1. The van der Waals surface area contributed by atoms with E-state index in [0.29, 0.717) is 17.8 Å². The van der Waals surface area contributed by atoms with Crippen molar-refractivity contribution in [3.8, 4) is 0 Å². The molecule has 1 aliphatic heterocycles. The minimum Gasteiger partial charge on any atom is -0.337 e. The molecular weight excluding hydrogens is 275 g/mol. The third-order valence-corrected chi connectivity index (χ3v) is 4.61. The molecule has 6 heteroatoms. The minimum atomic E-state index is -4.21. The number of alkyl halides is 3. The molecule has 2 nitrogen and oxygen atoms in total. The summed E-state index contributed by atoms with van der Waals surface area (Å²) in [6.07, 6.45) is -2.83. The standard InChI is InChI=1S/C13H16F3NOS/c1-2-10-5-6-11(19-10)12(18)17-7-3-4-9(8-17)13(14,15)16/h5-6,9H,2-4,7-8H2,1H3. The lowest BCUT2D eigenvalue weighted by atomic mass is 9.97. The molecule has 0 aliphatic carbocycles. The van der Waals surface area contributed by atoms with Crippen LogP contribution in [0.2, 0.25) is 0 Å². The highest BCUT2D eigenvalue weighted by Crippen LogP contribution is 2.33. The van der Waals surface area contributed by atoms with Crippen LogP contribution in [0, 0.1) is 5.92 Å². The van der Waals surface area contributed by atoms with Crippen molar-refractivity contribution >= 4 is 17.2 Å². The molecule has 19 heavy (non-hydrogen) atoms. The molecule has 0 spiro atoms. The Kier molecular flexibility index (Phi) is 4.18. The summed E-state index contributed by atoms with van der Waals surface area (Å²) in [5.41, 5.74) is 0. The second-order valence-corrected chi connectivity index (χ2v) is 5.92. The molecule has 0 saturated carbocycles. The highest BCUT2D eigenvalue weighted by atomic mass is 32.1. The van der Waals surface area contributed by atoms with Crippen molar-refractivity contribution in [2.75, 3.05) is 13.1 Å². The number of halogens is 3. The number of hydrogen-bond donors (Lipinski definition) is 0. The van der Waals surface area contributed by atoms with Crippen LogP contribution in [0.25, 0.3) is 0 Å². The summed E-state index contributed by atoms with van der Waals surface area (Å²) < 4.78 is 38.1. The van der Waals surface area contributed by atoms with Crippen LogP contribution in [0.1, 0.15) is 34.3 Å². The zero-order chi connectivity index (χ0) is 14.0. The Morgan fingerprint density at radius 1 is 1.47 bits per heavy atom. The molecule has 2 rings (SSSR count). The van der Waals surface area contributed by atoms with Gasteiger partial charge in [0.05, 0.1) is 10.8 Å². The van der Waals surface area contributed by atoms with Crippen molar-refractivity contribution < 1.29 is 18.0 Å². The molecule has 1 aromatic rings. The Morgan fingerprint density at radius 3 is 2.79 bits per heavy atom. The van der Waals surface area contributed by atoms with Gasteiger partial charge in [-0.15, -0.1) is 11.3 Å². The Labute approximate surface area is 114 Å². The molecular formula is C13H16F3NOS. The van der Waals surface area contributed by atoms with Gasteiger partial charge in [0.2, 0.25) is 0 Å². The van der Waals surface area contributed by atoms with E-state index < -0.39 is 12.1 Å². The highest BCUT2D eigenvalue weighted by Gasteiger charge is 2.42. The molecule has 1 atom stereocenters. The van der Waals surface area contributed by atoms with E-state index in [1.165, 1.54) is 16.2 Å². The van der Waals surface area contributed by atoms with Crippen LogP contribution in [-0.2, 0) is 6.42 Å². The van der Waals surface area contributed by atoms with Crippen LogP contribution in [0.5, 0.6) is 0 Å². The maximum Gasteiger partial charge on any atom is 0.393 e. The normalized spacial score (nSPS) is 20.6. The van der Waals surface area contributed by atoms with Gasteiger partial charge in [-0.25, -0.2) is 0 Å². The molecule has 1 saturated heterocycles. The lowest BCUT2D eigenvalue weighted by molar-refractivity contribution is -0.184. The van der Waals surface area contributed by atoms with Crippen LogP contribution in [0.3, 0.4) is 0 Å². The summed E-state index contributed by atoms with van der Waals surface area (Å²) in [5.74, 6) is -1.64. The molecule has 1 aliphatic rings. The number of carbonyl (C=O) groups excluding carboxylic acids is 1. The van der Waals surface area contributed by atoms with Crippen LogP contribution in [-0.4, -0.2) is 30.1 Å². The number of aryl methyl sites for hydroxylation is 1. The first kappa shape index (κ1) is 14.4. The first-order valence-electron chi connectivity index (χ1n) is 6.36. The van der Waals surface area contributed by atoms with Crippen molar-refractivity contribution in [1.29, 1.82) is 0 Å². The molecule has 106 valence electrons. The minimum absolute atomic E-state index is 0.123. The Hall–Kier alpha value is -1.04. The highest BCUT2D eigenvalue weighted by molar-refractivity contribution is 7.14. The van der Waals surface area contributed by atoms with E-state index in [4.69, 9.17) is 0 Å². The van der Waals surface area contributed by atoms with Gasteiger partial charge in [-0.3, -0.25) is 4.79 Å². The summed E-state index contributed by atoms with van der Waals surface area (Å²) in [5, 5.41) is 0. The third-order valence-electron chi connectivity index (χ3n) is 3.39. The zero-order valence-corrected chi connectivity index (χ0v) is 11.5. The molecule has 0 N–H and O–H groups in total. The lowest BCUT2D eigenvalue weighted by Crippen LogP contribution is -2.44. The van der Waals surface area contributed by atoms with Crippen molar-refractivity contribution in [2.45, 2.75) is 32.4 Å². The smallest absolute Gasteiger partial charge is 0.337 e. The molecule has 1 aromatic heterocycles. The van der Waals surface area contributed by atoms with E-state index in [1.54, 1.807) is 6.07 Å². The van der Waals surface area contributed by atoms with E-state index in [2.05, 4.69) is 0 Å². The number of amides is 1. The average molecular weight is 291 g/mol. The summed E-state index contributed by atoms with van der Waals surface area (Å²) in [7, 11) is 0. The number of thiophene rings is 1. The molecule has 2 heterocycles. The quantitative estimate of drug-likeness (QED) is 0.813. The van der Waals surface area contributed by atoms with Gasteiger partial charge in [0.15, 0.2) is 0 Å². The Morgan fingerprint density at radius 2 is 2.21 bits per heavy atom. The van der Waals surface area contributed by atoms with Crippen LogP contribution < -0.4 is 0 Å². The average Bonchev–Trinajstić information content (AvgIpc) is 2.86. The van der Waals surface area contributed by atoms with Crippen LogP contribution in [0.4, 0.5) is 13.2 Å². The van der Waals surface area contributed by atoms with Crippen molar-refractivity contribution in [3.05, 3.63) is 21.9 Å². The van der Waals surface area contributed by atoms with Gasteiger partial charge in [-0.05, 0) is 31.4 Å². The molecule has 1 unspecified atom stereocenters. The van der Waals surface area contributed by atoms with Crippen LogP contribution in [0.15, 0.2) is 12.1 Å². The van der Waals surface area contributed by atoms with Crippen molar-refractivity contribution in [1.82, 2.24) is 4.90 Å².